The maximum atomic E-state index is 5.82. The number of hydrogen-bond donors (Lipinski definition) is 0. The molecular formula is C27H42OS. The fourth-order valence-corrected chi connectivity index (χ4v) is 6.40. The first-order chi connectivity index (χ1) is 13.9. The molecule has 0 aromatic carbocycles. The van der Waals surface area contributed by atoms with E-state index >= 15 is 0 Å². The molecule has 3 aliphatic carbocycles. The third-order valence-corrected chi connectivity index (χ3v) is 8.22. The standard InChI is InChI=1S/C27H42OS/c1-20(2)9-6-7-11-24-15-17-26-22(10-8-18-27(24,26)4)13-14-23-19-25(28-29-5)16-12-21(23)3/h6-7,13-14,20,24-26H,3,8-12,15-19H2,1-2,4-5H3/b7-6+,22-13+,23-14+. The summed E-state index contributed by atoms with van der Waals surface area (Å²) in [5.41, 5.74) is 4.95. The molecule has 3 aliphatic rings. The first-order valence-corrected chi connectivity index (χ1v) is 13.0. The van der Waals surface area contributed by atoms with Crippen LogP contribution in [0.3, 0.4) is 0 Å². The maximum Gasteiger partial charge on any atom is 0.0765 e. The summed E-state index contributed by atoms with van der Waals surface area (Å²) in [5, 5.41) is 0. The van der Waals surface area contributed by atoms with Gasteiger partial charge in [-0.15, -0.1) is 0 Å². The van der Waals surface area contributed by atoms with Crippen molar-refractivity contribution in [3.8, 4) is 0 Å². The molecule has 0 N–H and O–H groups in total. The molecule has 0 bridgehead atoms. The van der Waals surface area contributed by atoms with E-state index in [2.05, 4.69) is 51.7 Å². The zero-order valence-electron chi connectivity index (χ0n) is 19.2. The van der Waals surface area contributed by atoms with Crippen molar-refractivity contribution in [3.63, 3.8) is 0 Å². The second-order valence-electron chi connectivity index (χ2n) is 10.2. The van der Waals surface area contributed by atoms with Crippen LogP contribution < -0.4 is 0 Å². The van der Waals surface area contributed by atoms with Gasteiger partial charge in [-0.2, -0.15) is 0 Å². The van der Waals surface area contributed by atoms with Gasteiger partial charge in [-0.1, -0.05) is 62.8 Å². The summed E-state index contributed by atoms with van der Waals surface area (Å²) in [6.07, 6.45) is 24.7. The molecule has 0 amide bonds. The molecule has 0 aliphatic heterocycles. The molecule has 0 heterocycles. The maximum absolute atomic E-state index is 5.82. The summed E-state index contributed by atoms with van der Waals surface area (Å²) in [6.45, 7) is 11.5. The molecule has 0 aromatic rings. The van der Waals surface area contributed by atoms with Gasteiger partial charge in [0.1, 0.15) is 0 Å². The second-order valence-corrected chi connectivity index (χ2v) is 10.7. The van der Waals surface area contributed by atoms with Crippen molar-refractivity contribution in [2.45, 2.75) is 91.1 Å². The normalized spacial score (nSPS) is 35.9. The number of fused-ring (bicyclic) bond motifs is 1. The number of allylic oxidation sites excluding steroid dienone is 6. The van der Waals surface area contributed by atoms with Crippen LogP contribution in [-0.4, -0.2) is 12.4 Å². The van der Waals surface area contributed by atoms with Crippen LogP contribution in [0, 0.1) is 23.2 Å². The molecule has 0 spiro atoms. The summed E-state index contributed by atoms with van der Waals surface area (Å²) in [6, 6.07) is 0. The summed E-state index contributed by atoms with van der Waals surface area (Å²) >= 11 is 1.50. The number of hydrogen-bond acceptors (Lipinski definition) is 2. The van der Waals surface area contributed by atoms with Crippen LogP contribution in [0.2, 0.25) is 0 Å². The van der Waals surface area contributed by atoms with E-state index in [1.807, 2.05) is 6.26 Å². The lowest BCUT2D eigenvalue weighted by atomic mass is 9.63. The molecule has 0 saturated heterocycles. The van der Waals surface area contributed by atoms with E-state index in [0.29, 0.717) is 11.5 Å². The molecule has 162 valence electrons. The van der Waals surface area contributed by atoms with Gasteiger partial charge in [0.2, 0.25) is 0 Å². The number of rotatable bonds is 7. The quantitative estimate of drug-likeness (QED) is 0.305. The minimum Gasteiger partial charge on any atom is -0.312 e. The highest BCUT2D eigenvalue weighted by atomic mass is 32.2. The topological polar surface area (TPSA) is 9.23 Å². The van der Waals surface area contributed by atoms with E-state index in [4.69, 9.17) is 4.18 Å². The van der Waals surface area contributed by atoms with Crippen LogP contribution in [0.15, 0.2) is 47.6 Å². The summed E-state index contributed by atoms with van der Waals surface area (Å²) < 4.78 is 5.82. The van der Waals surface area contributed by atoms with Gasteiger partial charge < -0.3 is 4.18 Å². The Bertz CT molecular complexity index is 655. The molecule has 1 nitrogen and oxygen atoms in total. The van der Waals surface area contributed by atoms with E-state index in [9.17, 15) is 0 Å². The zero-order valence-corrected chi connectivity index (χ0v) is 20.0. The van der Waals surface area contributed by atoms with Crippen molar-refractivity contribution in [3.05, 3.63) is 47.6 Å². The molecule has 29 heavy (non-hydrogen) atoms. The van der Waals surface area contributed by atoms with Gasteiger partial charge in [0, 0.05) is 12.7 Å². The van der Waals surface area contributed by atoms with E-state index in [1.165, 1.54) is 68.1 Å². The van der Waals surface area contributed by atoms with Gasteiger partial charge in [-0.25, -0.2) is 0 Å². The van der Waals surface area contributed by atoms with E-state index in [-0.39, 0.29) is 0 Å². The van der Waals surface area contributed by atoms with Gasteiger partial charge in [-0.05, 0) is 98.6 Å². The van der Waals surface area contributed by atoms with Crippen LogP contribution in [0.1, 0.15) is 85.0 Å². The lowest BCUT2D eigenvalue weighted by Gasteiger charge is -2.42. The molecule has 3 saturated carbocycles. The highest BCUT2D eigenvalue weighted by Gasteiger charge is 2.48. The molecule has 4 unspecified atom stereocenters. The Labute approximate surface area is 184 Å². The minimum absolute atomic E-state index is 0.352. The molecule has 0 radical (unpaired) electrons. The van der Waals surface area contributed by atoms with Crippen LogP contribution in [0.4, 0.5) is 0 Å². The molecule has 3 fully saturated rings. The Morgan fingerprint density at radius 1 is 1.17 bits per heavy atom. The molecule has 4 atom stereocenters. The van der Waals surface area contributed by atoms with Crippen molar-refractivity contribution in [1.82, 2.24) is 0 Å². The minimum atomic E-state index is 0.352. The van der Waals surface area contributed by atoms with Crippen LogP contribution in [-0.2, 0) is 4.18 Å². The fraction of sp³-hybridized carbons (Fsp3) is 0.704. The van der Waals surface area contributed by atoms with Crippen LogP contribution in [0.5, 0.6) is 0 Å². The lowest BCUT2D eigenvalue weighted by molar-refractivity contribution is 0.137. The van der Waals surface area contributed by atoms with Crippen LogP contribution in [0.25, 0.3) is 0 Å². The van der Waals surface area contributed by atoms with Gasteiger partial charge in [0.05, 0.1) is 6.10 Å². The largest absolute Gasteiger partial charge is 0.312 e. The van der Waals surface area contributed by atoms with Gasteiger partial charge >= 0.3 is 0 Å². The third-order valence-electron chi connectivity index (χ3n) is 7.76. The van der Waals surface area contributed by atoms with Gasteiger partial charge in [0.15, 0.2) is 0 Å². The van der Waals surface area contributed by atoms with Crippen molar-refractivity contribution in [2.75, 3.05) is 6.26 Å². The van der Waals surface area contributed by atoms with Crippen molar-refractivity contribution in [1.29, 1.82) is 0 Å². The highest BCUT2D eigenvalue weighted by Crippen LogP contribution is 2.58. The average Bonchev–Trinajstić information content (AvgIpc) is 3.02. The van der Waals surface area contributed by atoms with E-state index in [1.54, 1.807) is 5.57 Å². The third kappa shape index (κ3) is 5.70. The Morgan fingerprint density at radius 3 is 2.76 bits per heavy atom. The Morgan fingerprint density at radius 2 is 2.00 bits per heavy atom. The average molecular weight is 415 g/mol. The molecule has 2 heteroatoms. The Kier molecular flexibility index (Phi) is 8.33. The summed E-state index contributed by atoms with van der Waals surface area (Å²) in [7, 11) is 0. The summed E-state index contributed by atoms with van der Waals surface area (Å²) in [4.78, 5) is 0. The fourth-order valence-electron chi connectivity index (χ4n) is 5.96. The van der Waals surface area contributed by atoms with Gasteiger partial charge in [0.25, 0.3) is 0 Å². The molecular weight excluding hydrogens is 372 g/mol. The van der Waals surface area contributed by atoms with Crippen molar-refractivity contribution < 1.29 is 4.18 Å². The first kappa shape index (κ1) is 22.9. The van der Waals surface area contributed by atoms with E-state index in [0.717, 1.165) is 37.0 Å². The Balaban J connectivity index is 1.68. The van der Waals surface area contributed by atoms with Crippen LogP contribution >= 0.6 is 12.0 Å². The SMILES string of the molecule is C=C1CCC(OSC)C/C1=C\C=C1/CCCC2(C)C(C/C=C/CC(C)C)CCC12. The predicted octanol–water partition coefficient (Wildman–Crippen LogP) is 8.45. The molecule has 0 aromatic heterocycles. The predicted molar refractivity (Wildman–Crippen MR) is 129 cm³/mol. The van der Waals surface area contributed by atoms with Gasteiger partial charge in [-0.3, -0.25) is 0 Å². The second kappa shape index (κ2) is 10.5. The smallest absolute Gasteiger partial charge is 0.0765 e. The first-order valence-electron chi connectivity index (χ1n) is 11.9. The highest BCUT2D eigenvalue weighted by molar-refractivity contribution is 7.93. The monoisotopic (exact) mass is 414 g/mol. The van der Waals surface area contributed by atoms with Crippen molar-refractivity contribution in [2.24, 2.45) is 23.2 Å². The van der Waals surface area contributed by atoms with Crippen molar-refractivity contribution >= 4 is 12.0 Å². The summed E-state index contributed by atoms with van der Waals surface area (Å²) in [5.74, 6) is 2.41. The zero-order chi connectivity index (χ0) is 20.9. The lowest BCUT2D eigenvalue weighted by Crippen LogP contribution is -2.33. The molecule has 3 rings (SSSR count). The van der Waals surface area contributed by atoms with E-state index < -0.39 is 0 Å². The Hall–Kier alpha value is -0.730.